The second-order valence-corrected chi connectivity index (χ2v) is 8.03. The van der Waals surface area contributed by atoms with Gasteiger partial charge in [0.05, 0.1) is 11.1 Å². The van der Waals surface area contributed by atoms with Gasteiger partial charge in [0, 0.05) is 42.2 Å². The van der Waals surface area contributed by atoms with Crippen LogP contribution in [0.3, 0.4) is 0 Å². The molecular weight excluding hydrogens is 381 g/mol. The first-order valence-corrected chi connectivity index (χ1v) is 10.4. The van der Waals surface area contributed by atoms with Crippen LogP contribution in [-0.4, -0.2) is 23.3 Å². The van der Waals surface area contributed by atoms with Crippen molar-refractivity contribution in [3.05, 3.63) is 71.2 Å². The van der Waals surface area contributed by atoms with Crippen molar-refractivity contribution in [3.8, 4) is 0 Å². The third-order valence-electron chi connectivity index (χ3n) is 5.81. The number of fused-ring (bicyclic) bond motifs is 1. The van der Waals surface area contributed by atoms with Crippen molar-refractivity contribution in [2.75, 3.05) is 11.4 Å². The van der Waals surface area contributed by atoms with E-state index in [1.165, 1.54) is 12.1 Å². The molecule has 6 heteroatoms. The van der Waals surface area contributed by atoms with Crippen LogP contribution < -0.4 is 10.2 Å². The Morgan fingerprint density at radius 2 is 1.93 bits per heavy atom. The van der Waals surface area contributed by atoms with Crippen molar-refractivity contribution < 1.29 is 14.0 Å². The van der Waals surface area contributed by atoms with E-state index in [0.29, 0.717) is 35.3 Å². The highest BCUT2D eigenvalue weighted by Crippen LogP contribution is 2.40. The van der Waals surface area contributed by atoms with E-state index in [4.69, 9.17) is 0 Å². The quantitative estimate of drug-likeness (QED) is 0.691. The Labute approximate surface area is 173 Å². The molecule has 5 nitrogen and oxygen atoms in total. The summed E-state index contributed by atoms with van der Waals surface area (Å²) in [6.45, 7) is 1.11. The molecule has 0 spiro atoms. The maximum absolute atomic E-state index is 13.8. The number of hydrogen-bond donors (Lipinski definition) is 1. The van der Waals surface area contributed by atoms with Crippen LogP contribution in [0.2, 0.25) is 0 Å². The van der Waals surface area contributed by atoms with Crippen molar-refractivity contribution in [1.29, 1.82) is 0 Å². The molecule has 1 saturated carbocycles. The van der Waals surface area contributed by atoms with E-state index in [0.717, 1.165) is 42.8 Å². The zero-order valence-corrected chi connectivity index (χ0v) is 16.5. The summed E-state index contributed by atoms with van der Waals surface area (Å²) in [6, 6.07) is 13.8. The summed E-state index contributed by atoms with van der Waals surface area (Å²) < 4.78 is 13.8. The molecule has 1 N–H and O–H groups in total. The van der Waals surface area contributed by atoms with E-state index in [2.05, 4.69) is 10.3 Å². The highest BCUT2D eigenvalue weighted by Gasteiger charge is 2.27. The van der Waals surface area contributed by atoms with Crippen LogP contribution in [-0.2, 0) is 11.3 Å². The van der Waals surface area contributed by atoms with Crippen LogP contribution in [0, 0.1) is 5.82 Å². The van der Waals surface area contributed by atoms with E-state index in [-0.39, 0.29) is 17.6 Å². The predicted octanol–water partition coefficient (Wildman–Crippen LogP) is 4.31. The molecule has 0 atom stereocenters. The number of nitrogens with one attached hydrogen (secondary N) is 1. The minimum absolute atomic E-state index is 0.152. The van der Waals surface area contributed by atoms with Gasteiger partial charge in [0.15, 0.2) is 0 Å². The molecule has 152 valence electrons. The number of rotatable bonds is 5. The van der Waals surface area contributed by atoms with Crippen LogP contribution in [0.25, 0.3) is 10.9 Å². The Bertz CT molecular complexity index is 1140. The molecular formula is C24H22FN3O2. The van der Waals surface area contributed by atoms with Gasteiger partial charge in [-0.25, -0.2) is 4.39 Å². The smallest absolute Gasteiger partial charge is 0.252 e. The summed E-state index contributed by atoms with van der Waals surface area (Å²) in [5.41, 5.74) is 3.83. The van der Waals surface area contributed by atoms with Gasteiger partial charge in [0.1, 0.15) is 5.82 Å². The number of nitrogens with zero attached hydrogens (tertiary/aromatic N) is 2. The van der Waals surface area contributed by atoms with Crippen LogP contribution in [0.5, 0.6) is 0 Å². The molecule has 1 aliphatic carbocycles. The molecule has 1 saturated heterocycles. The van der Waals surface area contributed by atoms with E-state index in [1.807, 2.05) is 24.3 Å². The first kappa shape index (κ1) is 18.7. The lowest BCUT2D eigenvalue weighted by Gasteiger charge is -2.16. The SMILES string of the molecule is O=C(NCc1ccc(N2CCCC2=O)cc1)c1cc(C2CC2)nc2ccc(F)cc12. The fourth-order valence-electron chi connectivity index (χ4n) is 3.99. The van der Waals surface area contributed by atoms with Gasteiger partial charge in [-0.3, -0.25) is 14.6 Å². The van der Waals surface area contributed by atoms with Crippen molar-refractivity contribution >= 4 is 28.4 Å². The van der Waals surface area contributed by atoms with E-state index < -0.39 is 0 Å². The number of hydrogen-bond acceptors (Lipinski definition) is 3. The third-order valence-corrected chi connectivity index (χ3v) is 5.81. The Morgan fingerprint density at radius 3 is 2.63 bits per heavy atom. The Balaban J connectivity index is 1.34. The maximum Gasteiger partial charge on any atom is 0.252 e. The molecule has 1 aromatic heterocycles. The minimum Gasteiger partial charge on any atom is -0.348 e. The van der Waals surface area contributed by atoms with Crippen molar-refractivity contribution in [3.63, 3.8) is 0 Å². The lowest BCUT2D eigenvalue weighted by molar-refractivity contribution is -0.117. The standard InChI is InChI=1S/C24H22FN3O2/c25-17-7-10-21-19(12-17)20(13-22(27-21)16-5-6-16)24(30)26-14-15-3-8-18(9-4-15)28-11-1-2-23(28)29/h3-4,7-10,12-13,16H,1-2,5-6,11,14H2,(H,26,30). The fraction of sp³-hybridized carbons (Fsp3) is 0.292. The molecule has 0 unspecified atom stereocenters. The molecule has 2 fully saturated rings. The van der Waals surface area contributed by atoms with Gasteiger partial charge in [-0.15, -0.1) is 0 Å². The highest BCUT2D eigenvalue weighted by atomic mass is 19.1. The maximum atomic E-state index is 13.8. The second kappa shape index (κ2) is 7.52. The van der Waals surface area contributed by atoms with Crippen molar-refractivity contribution in [1.82, 2.24) is 10.3 Å². The van der Waals surface area contributed by atoms with Crippen LogP contribution in [0.4, 0.5) is 10.1 Å². The largest absolute Gasteiger partial charge is 0.348 e. The topological polar surface area (TPSA) is 62.3 Å². The zero-order chi connectivity index (χ0) is 20.7. The molecule has 30 heavy (non-hydrogen) atoms. The second-order valence-electron chi connectivity index (χ2n) is 8.03. The number of halogens is 1. The van der Waals surface area contributed by atoms with Gasteiger partial charge in [-0.1, -0.05) is 12.1 Å². The molecule has 2 aromatic carbocycles. The van der Waals surface area contributed by atoms with Gasteiger partial charge in [0.2, 0.25) is 5.91 Å². The Hall–Kier alpha value is -3.28. The van der Waals surface area contributed by atoms with Gasteiger partial charge in [-0.2, -0.15) is 0 Å². The average Bonchev–Trinajstić information content (AvgIpc) is 3.52. The normalized spacial score (nSPS) is 16.3. The molecule has 0 radical (unpaired) electrons. The zero-order valence-electron chi connectivity index (χ0n) is 16.5. The molecule has 2 amide bonds. The molecule has 3 aromatic rings. The summed E-state index contributed by atoms with van der Waals surface area (Å²) >= 11 is 0. The van der Waals surface area contributed by atoms with Crippen LogP contribution in [0.1, 0.15) is 53.2 Å². The van der Waals surface area contributed by atoms with Crippen molar-refractivity contribution in [2.24, 2.45) is 0 Å². The Kier molecular flexibility index (Phi) is 4.69. The average molecular weight is 403 g/mol. The lowest BCUT2D eigenvalue weighted by Crippen LogP contribution is -2.24. The highest BCUT2D eigenvalue weighted by molar-refractivity contribution is 6.06. The van der Waals surface area contributed by atoms with E-state index >= 15 is 0 Å². The van der Waals surface area contributed by atoms with E-state index in [1.54, 1.807) is 17.0 Å². The summed E-state index contributed by atoms with van der Waals surface area (Å²) in [6.07, 6.45) is 3.64. The first-order valence-electron chi connectivity index (χ1n) is 10.4. The number of amides is 2. The van der Waals surface area contributed by atoms with E-state index in [9.17, 15) is 14.0 Å². The van der Waals surface area contributed by atoms with Crippen LogP contribution >= 0.6 is 0 Å². The summed E-state index contributed by atoms with van der Waals surface area (Å²) in [5.74, 6) is -0.0792. The number of pyridine rings is 1. The molecule has 0 bridgehead atoms. The summed E-state index contributed by atoms with van der Waals surface area (Å²) in [4.78, 5) is 31.2. The lowest BCUT2D eigenvalue weighted by atomic mass is 10.0. The van der Waals surface area contributed by atoms with Gasteiger partial charge < -0.3 is 10.2 Å². The number of anilines is 1. The van der Waals surface area contributed by atoms with Crippen molar-refractivity contribution in [2.45, 2.75) is 38.1 Å². The number of carbonyl (C=O) groups excluding carboxylic acids is 2. The number of carbonyl (C=O) groups is 2. The molecule has 2 aliphatic rings. The molecule has 5 rings (SSSR count). The van der Waals surface area contributed by atoms with Gasteiger partial charge in [-0.05, 0) is 61.2 Å². The molecule has 1 aliphatic heterocycles. The van der Waals surface area contributed by atoms with Gasteiger partial charge in [0.25, 0.3) is 5.91 Å². The summed E-state index contributed by atoms with van der Waals surface area (Å²) in [7, 11) is 0. The first-order chi connectivity index (χ1) is 14.6. The predicted molar refractivity (Wildman–Crippen MR) is 113 cm³/mol. The summed E-state index contributed by atoms with van der Waals surface area (Å²) in [5, 5.41) is 3.47. The van der Waals surface area contributed by atoms with Gasteiger partial charge >= 0.3 is 0 Å². The fourth-order valence-corrected chi connectivity index (χ4v) is 3.99. The molecule has 2 heterocycles. The number of benzene rings is 2. The number of aromatic nitrogens is 1. The minimum atomic E-state index is -0.385. The third kappa shape index (κ3) is 3.65. The van der Waals surface area contributed by atoms with Crippen LogP contribution in [0.15, 0.2) is 48.5 Å². The monoisotopic (exact) mass is 403 g/mol. The Morgan fingerprint density at radius 1 is 1.13 bits per heavy atom.